The number of amides is 4. The van der Waals surface area contributed by atoms with Crippen LogP contribution in [-0.4, -0.2) is 156 Å². The van der Waals surface area contributed by atoms with Gasteiger partial charge in [0, 0.05) is 37.5 Å². The number of hydrogen-bond donors (Lipinski definition) is 4. The molecule has 1 aromatic rings. The van der Waals surface area contributed by atoms with Crippen molar-refractivity contribution in [1.82, 2.24) is 21.3 Å². The standard InChI is InChI=1S/C44H66N4O18Si2/c1-9-35(49)59-25-19-45-41(53)63-39(64-42(54)46-20-26-60-36(50)10-2)31-57-23-13-29-67(5,6)33-15-17-34(18-16-33)68(7,8)30-14-24-58-32-40(65-43(55)47-21-27-61-37(51)11-3)66-44(56)48-22-28-62-38(52)12-4/h9-12,15-18,39-40H,1-4,13-14,19-32H2,5-8H3,(H,45,53)(H,46,54)(H,47,55)(H,48,56). The number of benzene rings is 1. The zero-order chi connectivity index (χ0) is 50.8. The summed E-state index contributed by atoms with van der Waals surface area (Å²) in [6.07, 6.45) is -1.39. The van der Waals surface area contributed by atoms with Crippen molar-refractivity contribution in [1.29, 1.82) is 0 Å². The Bertz CT molecular complexity index is 1620. The van der Waals surface area contributed by atoms with E-state index in [0.29, 0.717) is 12.8 Å². The van der Waals surface area contributed by atoms with E-state index in [4.69, 9.17) is 47.4 Å². The third-order valence-electron chi connectivity index (χ3n) is 9.22. The normalized spacial score (nSPS) is 10.9. The second kappa shape index (κ2) is 33.9. The summed E-state index contributed by atoms with van der Waals surface area (Å²) < 4.78 is 51.6. The fourth-order valence-corrected chi connectivity index (χ4v) is 10.3. The second-order valence-electron chi connectivity index (χ2n) is 15.4. The van der Waals surface area contributed by atoms with Gasteiger partial charge in [-0.2, -0.15) is 0 Å². The van der Waals surface area contributed by atoms with Crippen molar-refractivity contribution in [3.8, 4) is 0 Å². The van der Waals surface area contributed by atoms with Gasteiger partial charge < -0.3 is 68.6 Å². The Hall–Kier alpha value is -6.51. The molecule has 0 aliphatic heterocycles. The van der Waals surface area contributed by atoms with Crippen molar-refractivity contribution in [2.24, 2.45) is 0 Å². The van der Waals surface area contributed by atoms with Crippen LogP contribution in [0.25, 0.3) is 0 Å². The van der Waals surface area contributed by atoms with Crippen LogP contribution >= 0.6 is 0 Å². The Morgan fingerprint density at radius 1 is 0.456 bits per heavy atom. The fraction of sp³-hybridized carbons (Fsp3) is 0.500. The van der Waals surface area contributed by atoms with Crippen molar-refractivity contribution >= 4 is 74.8 Å². The molecule has 0 aliphatic carbocycles. The smallest absolute Gasteiger partial charge is 0.410 e. The minimum Gasteiger partial charge on any atom is -0.461 e. The van der Waals surface area contributed by atoms with E-state index < -0.39 is 77.0 Å². The van der Waals surface area contributed by atoms with Gasteiger partial charge in [0.1, 0.15) is 39.6 Å². The number of esters is 4. The first-order valence-corrected chi connectivity index (χ1v) is 28.0. The fourth-order valence-electron chi connectivity index (χ4n) is 5.54. The van der Waals surface area contributed by atoms with E-state index in [0.717, 1.165) is 36.4 Å². The lowest BCUT2D eigenvalue weighted by Crippen LogP contribution is -2.45. The van der Waals surface area contributed by atoms with Gasteiger partial charge in [-0.15, -0.1) is 0 Å². The van der Waals surface area contributed by atoms with Gasteiger partial charge in [0.25, 0.3) is 12.6 Å². The maximum atomic E-state index is 12.4. The highest BCUT2D eigenvalue weighted by Crippen LogP contribution is 2.16. The minimum atomic E-state index is -1.94. The van der Waals surface area contributed by atoms with E-state index >= 15 is 0 Å². The zero-order valence-corrected chi connectivity index (χ0v) is 41.3. The predicted octanol–water partition coefficient (Wildman–Crippen LogP) is 2.80. The highest BCUT2D eigenvalue weighted by molar-refractivity contribution is 6.91. The Balaban J connectivity index is 2.71. The van der Waals surface area contributed by atoms with Crippen LogP contribution in [-0.2, 0) is 66.5 Å². The number of rotatable bonds is 34. The summed E-state index contributed by atoms with van der Waals surface area (Å²) in [7, 11) is -3.88. The molecule has 0 aromatic heterocycles. The average Bonchev–Trinajstić information content (AvgIpc) is 3.31. The van der Waals surface area contributed by atoms with Gasteiger partial charge in [-0.05, 0) is 12.8 Å². The Labute approximate surface area is 398 Å². The molecular formula is C44H66N4O18Si2. The first-order valence-electron chi connectivity index (χ1n) is 21.6. The van der Waals surface area contributed by atoms with Crippen LogP contribution < -0.4 is 31.6 Å². The average molecular weight is 995 g/mol. The first-order chi connectivity index (χ1) is 32.3. The van der Waals surface area contributed by atoms with Crippen LogP contribution in [0.3, 0.4) is 0 Å². The number of hydrogen-bond acceptors (Lipinski definition) is 18. The summed E-state index contributed by atoms with van der Waals surface area (Å²) in [5.74, 6) is -2.65. The maximum absolute atomic E-state index is 12.4. The van der Waals surface area contributed by atoms with Gasteiger partial charge >= 0.3 is 48.3 Å². The molecule has 0 radical (unpaired) electrons. The van der Waals surface area contributed by atoms with Crippen LogP contribution in [0, 0.1) is 0 Å². The van der Waals surface area contributed by atoms with Crippen molar-refractivity contribution in [2.75, 3.05) is 79.0 Å². The molecule has 0 spiro atoms. The molecule has 0 saturated carbocycles. The van der Waals surface area contributed by atoms with Gasteiger partial charge in [0.15, 0.2) is 0 Å². The van der Waals surface area contributed by atoms with Crippen molar-refractivity contribution in [2.45, 2.75) is 63.7 Å². The number of carbonyl (C=O) groups is 8. The SMILES string of the molecule is C=CC(=O)OCCNC(=O)OC(COCCC[Si](C)(C)c1ccc([Si](C)(C)CCCOCC(OC(=O)NCCOC(=O)C=C)OC(=O)NCCOC(=O)C=C)cc1)OC(=O)NCCOC(=O)C=C. The number of ether oxygens (including phenoxy) is 10. The summed E-state index contributed by atoms with van der Waals surface area (Å²) in [5, 5.41) is 12.0. The largest absolute Gasteiger partial charge is 0.461 e. The van der Waals surface area contributed by atoms with E-state index in [1.807, 2.05) is 0 Å². The lowest BCUT2D eigenvalue weighted by molar-refractivity contribution is -0.138. The topological polar surface area (TPSA) is 277 Å². The molecule has 1 rings (SSSR count). The molecule has 68 heavy (non-hydrogen) atoms. The van der Waals surface area contributed by atoms with Crippen LogP contribution in [0.5, 0.6) is 0 Å². The van der Waals surface area contributed by atoms with Crippen molar-refractivity contribution in [3.63, 3.8) is 0 Å². The molecule has 1 aromatic carbocycles. The maximum Gasteiger partial charge on any atom is 0.410 e. The Morgan fingerprint density at radius 3 is 0.941 bits per heavy atom. The molecule has 4 amide bonds. The molecular weight excluding hydrogens is 929 g/mol. The summed E-state index contributed by atoms with van der Waals surface area (Å²) >= 11 is 0. The molecule has 378 valence electrons. The molecule has 0 fully saturated rings. The molecule has 24 heteroatoms. The van der Waals surface area contributed by atoms with Crippen molar-refractivity contribution < 1.29 is 85.7 Å². The number of carbonyl (C=O) groups excluding carboxylic acids is 8. The quantitative estimate of drug-likeness (QED) is 0.0193. The van der Waals surface area contributed by atoms with Gasteiger partial charge in [0.05, 0.1) is 42.3 Å². The molecule has 22 nitrogen and oxygen atoms in total. The summed E-state index contributed by atoms with van der Waals surface area (Å²) in [4.78, 5) is 94.3. The number of alkyl carbamates (subject to hydrolysis) is 4. The third kappa shape index (κ3) is 27.8. The lowest BCUT2D eigenvalue weighted by Gasteiger charge is -2.27. The van der Waals surface area contributed by atoms with Crippen LogP contribution in [0.4, 0.5) is 19.2 Å². The van der Waals surface area contributed by atoms with Gasteiger partial charge in [-0.3, -0.25) is 0 Å². The first kappa shape index (κ1) is 59.5. The molecule has 0 saturated heterocycles. The van der Waals surface area contributed by atoms with E-state index in [1.165, 1.54) is 10.4 Å². The Morgan fingerprint density at radius 2 is 0.706 bits per heavy atom. The number of nitrogens with one attached hydrogen (secondary N) is 4. The van der Waals surface area contributed by atoms with Crippen molar-refractivity contribution in [3.05, 3.63) is 74.9 Å². The third-order valence-corrected chi connectivity index (χ3v) is 16.2. The van der Waals surface area contributed by atoms with E-state index in [-0.39, 0.29) is 79.0 Å². The van der Waals surface area contributed by atoms with E-state index in [1.54, 1.807) is 0 Å². The lowest BCUT2D eigenvalue weighted by atomic mass is 10.4. The molecule has 0 heterocycles. The van der Waals surface area contributed by atoms with Crippen LogP contribution in [0.1, 0.15) is 12.8 Å². The minimum absolute atomic E-state index is 0.0762. The highest BCUT2D eigenvalue weighted by atomic mass is 28.3. The summed E-state index contributed by atoms with van der Waals surface area (Å²) in [5.41, 5.74) is 0. The van der Waals surface area contributed by atoms with Gasteiger partial charge in [-0.25, -0.2) is 38.4 Å². The predicted molar refractivity (Wildman–Crippen MR) is 251 cm³/mol. The monoisotopic (exact) mass is 994 g/mol. The summed E-state index contributed by atoms with van der Waals surface area (Å²) in [6, 6.07) is 10.4. The molecule has 0 bridgehead atoms. The van der Waals surface area contributed by atoms with Gasteiger partial charge in [-0.1, -0.05) is 99.2 Å². The second-order valence-corrected chi connectivity index (χ2v) is 25.1. The van der Waals surface area contributed by atoms with Crippen LogP contribution in [0.15, 0.2) is 74.9 Å². The molecule has 0 unspecified atom stereocenters. The van der Waals surface area contributed by atoms with E-state index in [2.05, 4.69) is 98.0 Å². The zero-order valence-electron chi connectivity index (χ0n) is 39.3. The molecule has 0 atom stereocenters. The van der Waals surface area contributed by atoms with Crippen LogP contribution in [0.2, 0.25) is 38.3 Å². The molecule has 4 N–H and O–H groups in total. The van der Waals surface area contributed by atoms with E-state index in [9.17, 15) is 38.4 Å². The molecule has 0 aliphatic rings. The summed E-state index contributed by atoms with van der Waals surface area (Å²) in [6.45, 7) is 21.3. The van der Waals surface area contributed by atoms with Gasteiger partial charge in [0.2, 0.25) is 0 Å². The highest BCUT2D eigenvalue weighted by Gasteiger charge is 2.27. The Kier molecular flexibility index (Phi) is 29.7.